The average Bonchev–Trinajstić information content (AvgIpc) is 2.56. The van der Waals surface area contributed by atoms with E-state index in [9.17, 15) is 4.79 Å². The fraction of sp³-hybridized carbons (Fsp3) is 0.0556. The molecule has 3 nitrogen and oxygen atoms in total. The first kappa shape index (κ1) is 17.5. The summed E-state index contributed by atoms with van der Waals surface area (Å²) in [6, 6.07) is 19.2. The molecule has 0 saturated heterocycles. The summed E-state index contributed by atoms with van der Waals surface area (Å²) in [5.74, 6) is 0.0719. The Morgan fingerprint density at radius 1 is 1.04 bits per heavy atom. The Labute approximate surface area is 153 Å². The second-order valence-corrected chi connectivity index (χ2v) is 5.83. The minimum Gasteiger partial charge on any atom is -1.00 e. The van der Waals surface area contributed by atoms with Gasteiger partial charge in [0, 0.05) is 21.7 Å². The zero-order valence-corrected chi connectivity index (χ0v) is 15.4. The van der Waals surface area contributed by atoms with Gasteiger partial charge in [0.15, 0.2) is 12.2 Å². The zero-order chi connectivity index (χ0) is 15.4. The van der Waals surface area contributed by atoms with E-state index in [1.807, 2.05) is 66.9 Å². The van der Waals surface area contributed by atoms with E-state index in [0.29, 0.717) is 5.56 Å². The Bertz CT molecular complexity index is 790. The van der Waals surface area contributed by atoms with Crippen molar-refractivity contribution in [1.29, 1.82) is 0 Å². The summed E-state index contributed by atoms with van der Waals surface area (Å²) in [5.41, 5.74) is 2.63. The van der Waals surface area contributed by atoms with Crippen LogP contribution in [0.25, 0.3) is 11.3 Å². The summed E-state index contributed by atoms with van der Waals surface area (Å²) in [5, 5.41) is 0. The van der Waals surface area contributed by atoms with Crippen LogP contribution in [-0.4, -0.2) is 10.8 Å². The van der Waals surface area contributed by atoms with Crippen molar-refractivity contribution in [2.45, 2.75) is 6.54 Å². The van der Waals surface area contributed by atoms with Crippen LogP contribution in [0, 0.1) is 0 Å². The molecule has 3 aromatic rings. The maximum Gasteiger partial charge on any atom is 0.287 e. The largest absolute Gasteiger partial charge is 1.00 e. The van der Waals surface area contributed by atoms with Crippen LogP contribution in [0.1, 0.15) is 10.4 Å². The number of halogens is 2. The molecule has 2 aromatic carbocycles. The monoisotopic (exact) mass is 432 g/mol. The molecule has 23 heavy (non-hydrogen) atoms. The van der Waals surface area contributed by atoms with Gasteiger partial charge in [-0.2, -0.15) is 0 Å². The Hall–Kier alpha value is -1.85. The van der Waals surface area contributed by atoms with Crippen LogP contribution in [0.5, 0.6) is 0 Å². The van der Waals surface area contributed by atoms with Crippen molar-refractivity contribution in [3.63, 3.8) is 0 Å². The molecule has 0 aliphatic carbocycles. The number of benzene rings is 2. The predicted molar refractivity (Wildman–Crippen MR) is 88.3 cm³/mol. The van der Waals surface area contributed by atoms with Crippen molar-refractivity contribution < 1.29 is 26.3 Å². The van der Waals surface area contributed by atoms with Gasteiger partial charge in [0.05, 0.1) is 6.20 Å². The Morgan fingerprint density at radius 2 is 1.83 bits per heavy atom. The summed E-state index contributed by atoms with van der Waals surface area (Å²) in [6.07, 6.45) is 3.57. The summed E-state index contributed by atoms with van der Waals surface area (Å²) in [4.78, 5) is 16.6. The fourth-order valence-electron chi connectivity index (χ4n) is 2.18. The van der Waals surface area contributed by atoms with Gasteiger partial charge in [0.2, 0.25) is 5.78 Å². The summed E-state index contributed by atoms with van der Waals surface area (Å²) >= 11 is 3.45. The van der Waals surface area contributed by atoms with Crippen LogP contribution < -0.4 is 21.5 Å². The first-order chi connectivity index (χ1) is 10.7. The molecule has 0 fully saturated rings. The fourth-order valence-corrected chi connectivity index (χ4v) is 2.58. The molecule has 0 aliphatic heterocycles. The molecular weight excluding hydrogens is 420 g/mol. The SMILES string of the molecule is O=C(C[n+]1ccc(-c2cccc(Br)c2)nc1)c1ccccc1.[Br-]. The minimum atomic E-state index is 0. The molecule has 0 bridgehead atoms. The third-order valence-electron chi connectivity index (χ3n) is 3.31. The minimum absolute atomic E-state index is 0. The highest BCUT2D eigenvalue weighted by molar-refractivity contribution is 9.10. The van der Waals surface area contributed by atoms with Crippen molar-refractivity contribution in [3.05, 3.63) is 83.2 Å². The number of rotatable bonds is 4. The van der Waals surface area contributed by atoms with Gasteiger partial charge in [-0.15, -0.1) is 0 Å². The number of carbonyl (C=O) groups excluding carboxylic acids is 1. The summed E-state index contributed by atoms with van der Waals surface area (Å²) in [6.45, 7) is 0.287. The molecule has 1 heterocycles. The van der Waals surface area contributed by atoms with Crippen molar-refractivity contribution in [3.8, 4) is 11.3 Å². The molecule has 0 unspecified atom stereocenters. The number of hydrogen-bond donors (Lipinski definition) is 0. The zero-order valence-electron chi connectivity index (χ0n) is 12.2. The lowest BCUT2D eigenvalue weighted by molar-refractivity contribution is -0.686. The van der Waals surface area contributed by atoms with Gasteiger partial charge in [-0.05, 0) is 17.1 Å². The van der Waals surface area contributed by atoms with Crippen LogP contribution in [0.2, 0.25) is 0 Å². The normalized spacial score (nSPS) is 9.96. The molecule has 1 aromatic heterocycles. The summed E-state index contributed by atoms with van der Waals surface area (Å²) in [7, 11) is 0. The molecule has 5 heteroatoms. The molecular formula is C18H14Br2N2O. The molecule has 0 saturated carbocycles. The Balaban J connectivity index is 0.00000192. The maximum atomic E-state index is 12.2. The van der Waals surface area contributed by atoms with Gasteiger partial charge in [-0.25, -0.2) is 4.57 Å². The van der Waals surface area contributed by atoms with E-state index in [2.05, 4.69) is 20.9 Å². The van der Waals surface area contributed by atoms with Crippen LogP contribution in [-0.2, 0) is 6.54 Å². The smallest absolute Gasteiger partial charge is 0.287 e. The van der Waals surface area contributed by atoms with Crippen LogP contribution >= 0.6 is 15.9 Å². The molecule has 0 atom stereocenters. The number of ketones is 1. The van der Waals surface area contributed by atoms with Crippen LogP contribution in [0.15, 0.2) is 77.7 Å². The van der Waals surface area contributed by atoms with E-state index in [-0.39, 0.29) is 29.3 Å². The van der Waals surface area contributed by atoms with E-state index < -0.39 is 0 Å². The first-order valence-electron chi connectivity index (χ1n) is 6.92. The quantitative estimate of drug-likeness (QED) is 0.448. The molecule has 3 rings (SSSR count). The van der Waals surface area contributed by atoms with E-state index in [1.54, 1.807) is 10.9 Å². The number of hydrogen-bond acceptors (Lipinski definition) is 2. The van der Waals surface area contributed by atoms with E-state index in [0.717, 1.165) is 15.7 Å². The maximum absolute atomic E-state index is 12.2. The van der Waals surface area contributed by atoms with E-state index in [4.69, 9.17) is 0 Å². The van der Waals surface area contributed by atoms with Crippen LogP contribution in [0.3, 0.4) is 0 Å². The van der Waals surface area contributed by atoms with E-state index in [1.165, 1.54) is 0 Å². The van der Waals surface area contributed by atoms with Crippen molar-refractivity contribution >= 4 is 21.7 Å². The first-order valence-corrected chi connectivity index (χ1v) is 7.71. The molecule has 0 radical (unpaired) electrons. The highest BCUT2D eigenvalue weighted by atomic mass is 79.9. The second-order valence-electron chi connectivity index (χ2n) is 4.92. The van der Waals surface area contributed by atoms with Gasteiger partial charge in [-0.1, -0.05) is 58.4 Å². The predicted octanol–water partition coefficient (Wildman–Crippen LogP) is 0.685. The molecule has 0 amide bonds. The lowest BCUT2D eigenvalue weighted by atomic mass is 10.1. The molecule has 0 N–H and O–H groups in total. The standard InChI is InChI=1S/C18H14BrN2O.BrH/c19-16-8-4-7-15(11-16)17-9-10-21(13-20-17)12-18(22)14-5-2-1-3-6-14;/h1-11,13H,12H2;1H/q+1;/p-1. The van der Waals surface area contributed by atoms with Gasteiger partial charge < -0.3 is 17.0 Å². The van der Waals surface area contributed by atoms with Gasteiger partial charge in [0.1, 0.15) is 0 Å². The van der Waals surface area contributed by atoms with Crippen molar-refractivity contribution in [1.82, 2.24) is 4.98 Å². The topological polar surface area (TPSA) is 33.8 Å². The van der Waals surface area contributed by atoms with Gasteiger partial charge >= 0.3 is 0 Å². The summed E-state index contributed by atoms with van der Waals surface area (Å²) < 4.78 is 2.80. The second kappa shape index (κ2) is 8.13. The van der Waals surface area contributed by atoms with Crippen molar-refractivity contribution in [2.75, 3.05) is 0 Å². The average molecular weight is 434 g/mol. The number of nitrogens with zero attached hydrogens (tertiary/aromatic N) is 2. The Kier molecular flexibility index (Phi) is 6.19. The van der Waals surface area contributed by atoms with Crippen LogP contribution in [0.4, 0.5) is 0 Å². The molecule has 0 spiro atoms. The number of aromatic nitrogens is 2. The lowest BCUT2D eigenvalue weighted by Gasteiger charge is -2.01. The highest BCUT2D eigenvalue weighted by Gasteiger charge is 2.11. The third-order valence-corrected chi connectivity index (χ3v) is 3.80. The van der Waals surface area contributed by atoms with Gasteiger partial charge in [0.25, 0.3) is 6.33 Å². The number of carbonyl (C=O) groups is 1. The lowest BCUT2D eigenvalue weighted by Crippen LogP contribution is -3.00. The van der Waals surface area contributed by atoms with Crippen molar-refractivity contribution in [2.24, 2.45) is 0 Å². The molecule has 0 aliphatic rings. The third kappa shape index (κ3) is 4.56. The van der Waals surface area contributed by atoms with E-state index >= 15 is 0 Å². The Morgan fingerprint density at radius 3 is 2.48 bits per heavy atom. The highest BCUT2D eigenvalue weighted by Crippen LogP contribution is 2.19. The number of Topliss-reactive ketones (excluding diaryl/α,β-unsaturated/α-hetero) is 1. The van der Waals surface area contributed by atoms with Gasteiger partial charge in [-0.3, -0.25) is 4.79 Å². The molecule has 116 valence electrons.